The summed E-state index contributed by atoms with van der Waals surface area (Å²) < 4.78 is 11.2. The van der Waals surface area contributed by atoms with Gasteiger partial charge >= 0.3 is 0 Å². The minimum atomic E-state index is 0.460. The van der Waals surface area contributed by atoms with E-state index in [9.17, 15) is 0 Å². The van der Waals surface area contributed by atoms with Crippen molar-refractivity contribution in [3.63, 3.8) is 0 Å². The van der Waals surface area contributed by atoms with E-state index < -0.39 is 0 Å². The van der Waals surface area contributed by atoms with Gasteiger partial charge < -0.3 is 10.2 Å². The number of aliphatic imine (C=N–C) groups is 2. The Morgan fingerprint density at radius 2 is 1.25 bits per heavy atom. The van der Waals surface area contributed by atoms with Gasteiger partial charge in [-0.15, -0.1) is 22.7 Å². The van der Waals surface area contributed by atoms with Crippen LogP contribution in [0, 0.1) is 0 Å². The Kier molecular flexibility index (Phi) is 7.05. The van der Waals surface area contributed by atoms with E-state index in [4.69, 9.17) is 20.1 Å². The van der Waals surface area contributed by atoms with Crippen molar-refractivity contribution in [3.05, 3.63) is 168 Å². The molecule has 0 unspecified atom stereocenters. The van der Waals surface area contributed by atoms with Crippen LogP contribution in [0.2, 0.25) is 0 Å². The van der Waals surface area contributed by atoms with Gasteiger partial charge in [-0.3, -0.25) is 4.99 Å². The summed E-state index contributed by atoms with van der Waals surface area (Å²) in [5.74, 6) is 1.08. The number of rotatable bonds is 5. The zero-order valence-electron chi connectivity index (χ0n) is 27.3. The standard InChI is InChI=1S/C45H29N3OS2/c46-44(36-20-10-19-34-32-15-5-7-22-39(32)51-43(34)36)48-45(27-11-2-1-3-12-27)47-26-29-13-8-18-35-37-25-28(23-24-40(37)50-42(29)35)30-16-9-17-33-31-14-4-6-21-38(31)49-41(30)33/h1-25H,26H2,(H2,46,47,48). The molecule has 0 bridgehead atoms. The third kappa shape index (κ3) is 5.03. The van der Waals surface area contributed by atoms with Gasteiger partial charge in [0.15, 0.2) is 5.84 Å². The number of furan rings is 1. The second kappa shape index (κ2) is 12.1. The molecule has 2 N–H and O–H groups in total. The summed E-state index contributed by atoms with van der Waals surface area (Å²) in [5.41, 5.74) is 13.9. The Balaban J connectivity index is 1.05. The van der Waals surface area contributed by atoms with Gasteiger partial charge in [-0.05, 0) is 41.5 Å². The lowest BCUT2D eigenvalue weighted by atomic mass is 10.00. The van der Waals surface area contributed by atoms with Gasteiger partial charge in [0, 0.05) is 67.8 Å². The summed E-state index contributed by atoms with van der Waals surface area (Å²) in [6.07, 6.45) is 0. The number of nitrogens with two attached hydrogens (primary N) is 1. The summed E-state index contributed by atoms with van der Waals surface area (Å²) in [7, 11) is 0. The Morgan fingerprint density at radius 3 is 2.16 bits per heavy atom. The highest BCUT2D eigenvalue weighted by molar-refractivity contribution is 7.26. The van der Waals surface area contributed by atoms with Crippen molar-refractivity contribution in [2.45, 2.75) is 6.54 Å². The van der Waals surface area contributed by atoms with Gasteiger partial charge in [-0.2, -0.15) is 0 Å². The van der Waals surface area contributed by atoms with Crippen LogP contribution in [0.3, 0.4) is 0 Å². The molecule has 0 atom stereocenters. The number of thiophene rings is 2. The molecule has 0 spiro atoms. The van der Waals surface area contributed by atoms with Crippen molar-refractivity contribution >= 4 is 96.6 Å². The molecule has 51 heavy (non-hydrogen) atoms. The van der Waals surface area contributed by atoms with Gasteiger partial charge in [0.05, 0.1) is 6.54 Å². The molecular formula is C45H29N3OS2. The Bertz CT molecular complexity index is 3020. The maximum Gasteiger partial charge on any atom is 0.157 e. The van der Waals surface area contributed by atoms with E-state index in [0.717, 1.165) is 54.5 Å². The zero-order chi connectivity index (χ0) is 33.9. The second-order valence-corrected chi connectivity index (χ2v) is 14.8. The highest BCUT2D eigenvalue weighted by atomic mass is 32.1. The number of nitrogens with zero attached hydrogens (tertiary/aromatic N) is 2. The van der Waals surface area contributed by atoms with E-state index in [1.54, 1.807) is 11.3 Å². The smallest absolute Gasteiger partial charge is 0.157 e. The first-order valence-corrected chi connectivity index (χ1v) is 18.5. The second-order valence-electron chi connectivity index (χ2n) is 12.7. The first-order chi connectivity index (χ1) is 25.2. The average molecular weight is 692 g/mol. The first-order valence-electron chi connectivity index (χ1n) is 16.9. The van der Waals surface area contributed by atoms with Crippen LogP contribution in [0.15, 0.2) is 166 Å². The molecule has 3 aromatic heterocycles. The van der Waals surface area contributed by atoms with Gasteiger partial charge in [0.1, 0.15) is 17.0 Å². The van der Waals surface area contributed by atoms with Crippen LogP contribution in [-0.4, -0.2) is 11.7 Å². The summed E-state index contributed by atoms with van der Waals surface area (Å²) in [5, 5.41) is 7.16. The molecule has 3 heterocycles. The van der Waals surface area contributed by atoms with Crippen molar-refractivity contribution in [2.75, 3.05) is 0 Å². The topological polar surface area (TPSA) is 63.9 Å². The number of benzene rings is 7. The molecule has 10 rings (SSSR count). The van der Waals surface area contributed by atoms with Gasteiger partial charge in [0.25, 0.3) is 0 Å². The molecule has 6 heteroatoms. The highest BCUT2D eigenvalue weighted by Crippen LogP contribution is 2.41. The van der Waals surface area contributed by atoms with Crippen molar-refractivity contribution in [1.82, 2.24) is 0 Å². The molecule has 0 aliphatic rings. The molecule has 10 aromatic rings. The molecular weight excluding hydrogens is 663 g/mol. The minimum Gasteiger partial charge on any atom is -0.455 e. The Hall–Kier alpha value is -6.08. The average Bonchev–Trinajstić information content (AvgIpc) is 3.88. The Labute approximate surface area is 301 Å². The summed E-state index contributed by atoms with van der Waals surface area (Å²) in [4.78, 5) is 10.1. The third-order valence-electron chi connectivity index (χ3n) is 9.63. The van der Waals surface area contributed by atoms with Crippen LogP contribution in [0.1, 0.15) is 16.7 Å². The fourth-order valence-electron chi connectivity index (χ4n) is 7.19. The van der Waals surface area contributed by atoms with Crippen molar-refractivity contribution in [1.29, 1.82) is 0 Å². The van der Waals surface area contributed by atoms with Crippen LogP contribution < -0.4 is 5.73 Å². The number of hydrogen-bond donors (Lipinski definition) is 1. The molecule has 0 saturated carbocycles. The summed E-state index contributed by atoms with van der Waals surface area (Å²) >= 11 is 3.56. The van der Waals surface area contributed by atoms with Crippen LogP contribution in [0.4, 0.5) is 0 Å². The van der Waals surface area contributed by atoms with Crippen molar-refractivity contribution < 1.29 is 4.42 Å². The Morgan fingerprint density at radius 1 is 0.569 bits per heavy atom. The third-order valence-corrected chi connectivity index (χ3v) is 12.1. The predicted molar refractivity (Wildman–Crippen MR) is 219 cm³/mol. The SMILES string of the molecule is NC(=NC(=NCc1cccc2c1sc1ccc(-c3cccc4c3oc3ccccc34)cc12)c1ccccc1)c1cccc2c1sc1ccccc12. The van der Waals surface area contributed by atoms with E-state index in [1.807, 2.05) is 53.8 Å². The van der Waals surface area contributed by atoms with Crippen LogP contribution in [0.5, 0.6) is 0 Å². The first kappa shape index (κ1) is 29.8. The summed E-state index contributed by atoms with van der Waals surface area (Å²) in [6, 6.07) is 52.8. The quantitative estimate of drug-likeness (QED) is 0.144. The monoisotopic (exact) mass is 691 g/mol. The largest absolute Gasteiger partial charge is 0.455 e. The molecule has 0 fully saturated rings. The molecule has 242 valence electrons. The molecule has 0 aliphatic heterocycles. The van der Waals surface area contributed by atoms with Crippen molar-refractivity contribution in [3.8, 4) is 11.1 Å². The number of hydrogen-bond acceptors (Lipinski definition) is 4. The molecule has 7 aromatic carbocycles. The highest BCUT2D eigenvalue weighted by Gasteiger charge is 2.16. The fourth-order valence-corrected chi connectivity index (χ4v) is 9.60. The van der Waals surface area contributed by atoms with Gasteiger partial charge in [0.2, 0.25) is 0 Å². The lowest BCUT2D eigenvalue weighted by molar-refractivity contribution is 0.670. The number of para-hydroxylation sites is 2. The van der Waals surface area contributed by atoms with E-state index in [-0.39, 0.29) is 0 Å². The van der Waals surface area contributed by atoms with E-state index in [2.05, 4.69) is 109 Å². The number of fused-ring (bicyclic) bond motifs is 9. The molecule has 0 radical (unpaired) electrons. The van der Waals surface area contributed by atoms with Crippen LogP contribution in [0.25, 0.3) is 73.4 Å². The summed E-state index contributed by atoms with van der Waals surface area (Å²) in [6.45, 7) is 0.476. The normalized spacial score (nSPS) is 12.7. The van der Waals surface area contributed by atoms with E-state index in [0.29, 0.717) is 18.2 Å². The minimum absolute atomic E-state index is 0.460. The van der Waals surface area contributed by atoms with Gasteiger partial charge in [-0.25, -0.2) is 4.99 Å². The maximum atomic E-state index is 6.82. The van der Waals surface area contributed by atoms with Crippen molar-refractivity contribution in [2.24, 2.45) is 15.7 Å². The molecule has 0 aliphatic carbocycles. The van der Waals surface area contributed by atoms with E-state index >= 15 is 0 Å². The van der Waals surface area contributed by atoms with Gasteiger partial charge in [-0.1, -0.05) is 121 Å². The molecule has 0 amide bonds. The number of amidine groups is 2. The molecule has 0 saturated heterocycles. The predicted octanol–water partition coefficient (Wildman–Crippen LogP) is 12.3. The fraction of sp³-hybridized carbons (Fsp3) is 0.0222. The lowest BCUT2D eigenvalue weighted by Gasteiger charge is -2.07. The lowest BCUT2D eigenvalue weighted by Crippen LogP contribution is -2.16. The van der Waals surface area contributed by atoms with Crippen LogP contribution >= 0.6 is 22.7 Å². The zero-order valence-corrected chi connectivity index (χ0v) is 29.0. The van der Waals surface area contributed by atoms with E-state index in [1.165, 1.54) is 35.6 Å². The maximum absolute atomic E-state index is 6.82. The van der Waals surface area contributed by atoms with Crippen LogP contribution in [-0.2, 0) is 6.54 Å². The molecule has 4 nitrogen and oxygen atoms in total.